The number of rotatable bonds is 4. The molecule has 1 heterocycles. The molecule has 2 amide bonds. The monoisotopic (exact) mass is 419 g/mol. The van der Waals surface area contributed by atoms with Gasteiger partial charge in [-0.1, -0.05) is 41.2 Å². The Hall–Kier alpha value is -2.99. The fourth-order valence-electron chi connectivity index (χ4n) is 3.92. The third kappa shape index (κ3) is 4.28. The number of thiazole rings is 1. The molecular formula is C24H25N3O2S. The number of allylic oxidation sites excluding steroid dienone is 2. The zero-order valence-corrected chi connectivity index (χ0v) is 18.2. The quantitative estimate of drug-likeness (QED) is 0.528. The Morgan fingerprint density at radius 1 is 1.03 bits per heavy atom. The van der Waals surface area contributed by atoms with Gasteiger partial charge in [0.2, 0.25) is 5.91 Å². The normalized spacial score (nSPS) is 15.9. The summed E-state index contributed by atoms with van der Waals surface area (Å²) in [6, 6.07) is 9.56. The zero-order valence-electron chi connectivity index (χ0n) is 17.4. The second-order valence-corrected chi connectivity index (χ2v) is 8.93. The predicted octanol–water partition coefficient (Wildman–Crippen LogP) is 5.77. The fourth-order valence-corrected chi connectivity index (χ4v) is 4.83. The van der Waals surface area contributed by atoms with E-state index in [1.807, 2.05) is 32.9 Å². The molecule has 1 aliphatic rings. The smallest absolute Gasteiger partial charge is 0.255 e. The topological polar surface area (TPSA) is 71.1 Å². The third-order valence-corrected chi connectivity index (χ3v) is 6.37. The highest BCUT2D eigenvalue weighted by molar-refractivity contribution is 7.22. The number of carbonyl (C=O) groups excluding carboxylic acids is 2. The second kappa shape index (κ2) is 8.40. The average molecular weight is 420 g/mol. The number of aromatic nitrogens is 1. The standard InChI is InChI=1S/C24H25N3O2S/c1-14-11-15(2)21(16(3)12-14)26-23(29)18-9-10-19-20(13-18)30-24(25-19)27-22(28)17-7-5-4-6-8-17/h4-5,9-13,17H,6-8H2,1-3H3,(H,26,29)(H,25,27,28). The Morgan fingerprint density at radius 2 is 1.80 bits per heavy atom. The first-order valence-electron chi connectivity index (χ1n) is 10.2. The lowest BCUT2D eigenvalue weighted by atomic mass is 9.94. The molecule has 5 nitrogen and oxygen atoms in total. The van der Waals surface area contributed by atoms with E-state index < -0.39 is 0 Å². The molecule has 6 heteroatoms. The molecule has 1 aliphatic carbocycles. The molecular weight excluding hydrogens is 394 g/mol. The van der Waals surface area contributed by atoms with E-state index in [2.05, 4.69) is 39.9 Å². The molecule has 0 bridgehead atoms. The SMILES string of the molecule is Cc1cc(C)c(NC(=O)c2ccc3nc(NC(=O)C4CC=CCC4)sc3c2)c(C)c1. The summed E-state index contributed by atoms with van der Waals surface area (Å²) in [6.07, 6.45) is 6.77. The van der Waals surface area contributed by atoms with Gasteiger partial charge in [-0.25, -0.2) is 4.98 Å². The zero-order chi connectivity index (χ0) is 21.3. The van der Waals surface area contributed by atoms with Crippen molar-refractivity contribution in [2.24, 2.45) is 5.92 Å². The molecule has 4 rings (SSSR count). The van der Waals surface area contributed by atoms with Gasteiger partial charge in [-0.05, 0) is 69.4 Å². The van der Waals surface area contributed by atoms with Crippen molar-refractivity contribution in [3.63, 3.8) is 0 Å². The predicted molar refractivity (Wildman–Crippen MR) is 123 cm³/mol. The molecule has 0 spiro atoms. The first kappa shape index (κ1) is 20.3. The maximum absolute atomic E-state index is 12.8. The Balaban J connectivity index is 1.51. The molecule has 0 aliphatic heterocycles. The van der Waals surface area contributed by atoms with Crippen molar-refractivity contribution >= 4 is 44.2 Å². The van der Waals surface area contributed by atoms with Crippen LogP contribution in [0.4, 0.5) is 10.8 Å². The molecule has 0 radical (unpaired) electrons. The van der Waals surface area contributed by atoms with Crippen LogP contribution in [0.3, 0.4) is 0 Å². The fraction of sp³-hybridized carbons (Fsp3) is 0.292. The lowest BCUT2D eigenvalue weighted by Gasteiger charge is -2.15. The largest absolute Gasteiger partial charge is 0.322 e. The highest BCUT2D eigenvalue weighted by Crippen LogP contribution is 2.29. The number of benzene rings is 2. The Morgan fingerprint density at radius 3 is 2.50 bits per heavy atom. The molecule has 0 saturated heterocycles. The Kier molecular flexibility index (Phi) is 5.68. The number of hydrogen-bond acceptors (Lipinski definition) is 4. The Bertz CT molecular complexity index is 1140. The van der Waals surface area contributed by atoms with Crippen molar-refractivity contribution in [3.8, 4) is 0 Å². The van der Waals surface area contributed by atoms with E-state index in [1.54, 1.807) is 6.07 Å². The molecule has 30 heavy (non-hydrogen) atoms. The van der Waals surface area contributed by atoms with E-state index in [0.29, 0.717) is 10.7 Å². The molecule has 3 aromatic rings. The second-order valence-electron chi connectivity index (χ2n) is 7.90. The first-order chi connectivity index (χ1) is 14.4. The molecule has 2 N–H and O–H groups in total. The summed E-state index contributed by atoms with van der Waals surface area (Å²) in [7, 11) is 0. The number of amides is 2. The number of anilines is 2. The van der Waals surface area contributed by atoms with Crippen LogP contribution in [0.5, 0.6) is 0 Å². The van der Waals surface area contributed by atoms with Gasteiger partial charge in [-0.2, -0.15) is 0 Å². The molecule has 1 aromatic heterocycles. The molecule has 1 atom stereocenters. The van der Waals surface area contributed by atoms with Crippen LogP contribution in [0.25, 0.3) is 10.2 Å². The van der Waals surface area contributed by atoms with E-state index in [1.165, 1.54) is 16.9 Å². The van der Waals surface area contributed by atoms with Gasteiger partial charge in [0.1, 0.15) is 0 Å². The molecule has 1 unspecified atom stereocenters. The number of aryl methyl sites for hydroxylation is 3. The highest BCUT2D eigenvalue weighted by Gasteiger charge is 2.20. The van der Waals surface area contributed by atoms with Gasteiger partial charge in [0, 0.05) is 17.2 Å². The number of nitrogens with one attached hydrogen (secondary N) is 2. The number of fused-ring (bicyclic) bond motifs is 1. The molecule has 0 fully saturated rings. The Labute approximate surface area is 180 Å². The lowest BCUT2D eigenvalue weighted by Crippen LogP contribution is -2.23. The molecule has 154 valence electrons. The molecule has 2 aromatic carbocycles. The maximum atomic E-state index is 12.8. The van der Waals surface area contributed by atoms with Crippen LogP contribution in [0.1, 0.15) is 46.3 Å². The van der Waals surface area contributed by atoms with Gasteiger partial charge in [-0.3, -0.25) is 9.59 Å². The molecule has 0 saturated carbocycles. The third-order valence-electron chi connectivity index (χ3n) is 5.44. The average Bonchev–Trinajstić information content (AvgIpc) is 3.12. The van der Waals surface area contributed by atoms with Gasteiger partial charge >= 0.3 is 0 Å². The van der Waals surface area contributed by atoms with Gasteiger partial charge in [0.15, 0.2) is 5.13 Å². The van der Waals surface area contributed by atoms with Crippen LogP contribution < -0.4 is 10.6 Å². The number of nitrogens with zero attached hydrogens (tertiary/aromatic N) is 1. The summed E-state index contributed by atoms with van der Waals surface area (Å²) in [6.45, 7) is 6.04. The van der Waals surface area contributed by atoms with Gasteiger partial charge < -0.3 is 10.6 Å². The van der Waals surface area contributed by atoms with E-state index in [9.17, 15) is 9.59 Å². The van der Waals surface area contributed by atoms with Crippen molar-refractivity contribution < 1.29 is 9.59 Å². The number of hydrogen-bond donors (Lipinski definition) is 2. The summed E-state index contributed by atoms with van der Waals surface area (Å²) >= 11 is 1.39. The maximum Gasteiger partial charge on any atom is 0.255 e. The van der Waals surface area contributed by atoms with E-state index in [0.717, 1.165) is 46.3 Å². The minimum atomic E-state index is -0.153. The summed E-state index contributed by atoms with van der Waals surface area (Å²) in [5.41, 5.74) is 5.46. The van der Waals surface area contributed by atoms with Gasteiger partial charge in [0.25, 0.3) is 5.91 Å². The van der Waals surface area contributed by atoms with Crippen LogP contribution >= 0.6 is 11.3 Å². The van der Waals surface area contributed by atoms with Crippen molar-refractivity contribution in [1.82, 2.24) is 4.98 Å². The minimum absolute atomic E-state index is 0.00402. The lowest BCUT2D eigenvalue weighted by molar-refractivity contribution is -0.120. The van der Waals surface area contributed by atoms with Crippen LogP contribution in [0, 0.1) is 26.7 Å². The van der Waals surface area contributed by atoms with Gasteiger partial charge in [-0.15, -0.1) is 0 Å². The van der Waals surface area contributed by atoms with Crippen LogP contribution in [0.15, 0.2) is 42.5 Å². The number of carbonyl (C=O) groups is 2. The summed E-state index contributed by atoms with van der Waals surface area (Å²) in [5.74, 6) is -0.133. The highest BCUT2D eigenvalue weighted by atomic mass is 32.1. The van der Waals surface area contributed by atoms with Crippen LogP contribution in [-0.2, 0) is 4.79 Å². The van der Waals surface area contributed by atoms with Crippen molar-refractivity contribution in [2.75, 3.05) is 10.6 Å². The van der Waals surface area contributed by atoms with E-state index >= 15 is 0 Å². The minimum Gasteiger partial charge on any atom is -0.322 e. The van der Waals surface area contributed by atoms with Gasteiger partial charge in [0.05, 0.1) is 10.2 Å². The van der Waals surface area contributed by atoms with E-state index in [4.69, 9.17) is 0 Å². The van der Waals surface area contributed by atoms with Crippen LogP contribution in [-0.4, -0.2) is 16.8 Å². The van der Waals surface area contributed by atoms with Crippen molar-refractivity contribution in [3.05, 3.63) is 64.7 Å². The first-order valence-corrected chi connectivity index (χ1v) is 11.0. The van der Waals surface area contributed by atoms with E-state index in [-0.39, 0.29) is 17.7 Å². The summed E-state index contributed by atoms with van der Waals surface area (Å²) in [4.78, 5) is 29.8. The van der Waals surface area contributed by atoms with Crippen molar-refractivity contribution in [1.29, 1.82) is 0 Å². The summed E-state index contributed by atoms with van der Waals surface area (Å²) < 4.78 is 0.874. The van der Waals surface area contributed by atoms with Crippen LogP contribution in [0.2, 0.25) is 0 Å². The summed E-state index contributed by atoms with van der Waals surface area (Å²) in [5, 5.41) is 6.56. The van der Waals surface area contributed by atoms with Crippen molar-refractivity contribution in [2.45, 2.75) is 40.0 Å².